The normalized spacial score (nSPS) is 12.9. The molecule has 0 unspecified atom stereocenters. The van der Waals surface area contributed by atoms with Crippen LogP contribution in [0.25, 0.3) is 0 Å². The fourth-order valence-corrected chi connectivity index (χ4v) is 4.43. The first-order valence-corrected chi connectivity index (χ1v) is 8.31. The predicted molar refractivity (Wildman–Crippen MR) is 82.8 cm³/mol. The molecule has 3 nitrogen and oxygen atoms in total. The van der Waals surface area contributed by atoms with Gasteiger partial charge in [0.05, 0.1) is 10.1 Å². The fourth-order valence-electron chi connectivity index (χ4n) is 2.36. The first-order valence-electron chi connectivity index (χ1n) is 6.77. The minimum Gasteiger partial charge on any atom is -0.300 e. The second kappa shape index (κ2) is 6.22. The second-order valence-corrected chi connectivity index (χ2v) is 7.21. The van der Waals surface area contributed by atoms with Crippen LogP contribution in [0, 0.1) is 6.92 Å². The molecule has 1 atom stereocenters. The summed E-state index contributed by atoms with van der Waals surface area (Å²) in [5.74, 6) is -0.138. The van der Waals surface area contributed by atoms with E-state index in [4.69, 9.17) is 0 Å². The average Bonchev–Trinajstić information content (AvgIpc) is 2.45. The lowest BCUT2D eigenvalue weighted by Gasteiger charge is -2.18. The van der Waals surface area contributed by atoms with Gasteiger partial charge in [0.1, 0.15) is 5.78 Å². The molecule has 2 aromatic carbocycles. The predicted octanol–water partition coefficient (Wildman–Crippen LogP) is 3.49. The van der Waals surface area contributed by atoms with E-state index >= 15 is 0 Å². The minimum absolute atomic E-state index is 0.0132. The van der Waals surface area contributed by atoms with Crippen LogP contribution in [0.3, 0.4) is 0 Å². The van der Waals surface area contributed by atoms with E-state index in [1.807, 2.05) is 6.07 Å². The maximum atomic E-state index is 12.9. The second-order valence-electron chi connectivity index (χ2n) is 5.12. The highest BCUT2D eigenvalue weighted by molar-refractivity contribution is 7.91. The van der Waals surface area contributed by atoms with Gasteiger partial charge in [0.25, 0.3) is 0 Å². The van der Waals surface area contributed by atoms with Crippen LogP contribution in [0.5, 0.6) is 0 Å². The van der Waals surface area contributed by atoms with Gasteiger partial charge in [-0.05, 0) is 31.0 Å². The summed E-state index contributed by atoms with van der Waals surface area (Å²) in [5, 5.41) is -0.836. The first kappa shape index (κ1) is 15.4. The van der Waals surface area contributed by atoms with Crippen LogP contribution in [-0.2, 0) is 14.6 Å². The van der Waals surface area contributed by atoms with Gasteiger partial charge in [-0.1, -0.05) is 48.5 Å². The molecule has 0 radical (unpaired) electrons. The van der Waals surface area contributed by atoms with Gasteiger partial charge in [0.15, 0.2) is 9.84 Å². The van der Waals surface area contributed by atoms with E-state index in [0.29, 0.717) is 16.0 Å². The lowest BCUT2D eigenvalue weighted by molar-refractivity contribution is -0.117. The van der Waals surface area contributed by atoms with Crippen LogP contribution in [0.4, 0.5) is 0 Å². The van der Waals surface area contributed by atoms with Crippen molar-refractivity contribution >= 4 is 15.6 Å². The summed E-state index contributed by atoms with van der Waals surface area (Å²) in [5.41, 5.74) is 1.35. The number of rotatable bonds is 5. The maximum Gasteiger partial charge on any atom is 0.186 e. The van der Waals surface area contributed by atoms with E-state index in [-0.39, 0.29) is 12.2 Å². The Hall–Kier alpha value is -1.94. The number of benzene rings is 2. The number of carbonyl (C=O) groups is 1. The van der Waals surface area contributed by atoms with E-state index < -0.39 is 15.1 Å². The number of ketones is 1. The van der Waals surface area contributed by atoms with Crippen LogP contribution < -0.4 is 0 Å². The number of Topliss-reactive ketones (excluding diaryl/α,β-unsaturated/α-hetero) is 1. The van der Waals surface area contributed by atoms with Crippen molar-refractivity contribution in [3.63, 3.8) is 0 Å². The summed E-state index contributed by atoms with van der Waals surface area (Å²) >= 11 is 0. The Kier molecular flexibility index (Phi) is 4.58. The molecule has 0 amide bonds. The maximum absolute atomic E-state index is 12.9. The SMILES string of the molecule is CC(=O)C[C@H](c1ccccc1)S(=O)(=O)c1ccccc1C. The number of carbonyl (C=O) groups excluding carboxylic acids is 1. The van der Waals surface area contributed by atoms with Crippen LogP contribution in [0.2, 0.25) is 0 Å². The molecule has 0 bridgehead atoms. The van der Waals surface area contributed by atoms with Crippen molar-refractivity contribution in [2.45, 2.75) is 30.4 Å². The zero-order chi connectivity index (χ0) is 15.5. The third-order valence-electron chi connectivity index (χ3n) is 3.42. The highest BCUT2D eigenvalue weighted by atomic mass is 32.2. The molecule has 4 heteroatoms. The zero-order valence-electron chi connectivity index (χ0n) is 12.1. The topological polar surface area (TPSA) is 51.2 Å². The first-order chi connectivity index (χ1) is 9.93. The van der Waals surface area contributed by atoms with Gasteiger partial charge >= 0.3 is 0 Å². The van der Waals surface area contributed by atoms with Gasteiger partial charge in [-0.15, -0.1) is 0 Å². The molecular formula is C17H18O3S. The van der Waals surface area contributed by atoms with Crippen molar-refractivity contribution in [2.75, 3.05) is 0 Å². The minimum atomic E-state index is -3.60. The number of hydrogen-bond donors (Lipinski definition) is 0. The van der Waals surface area contributed by atoms with E-state index in [1.165, 1.54) is 6.92 Å². The van der Waals surface area contributed by atoms with Gasteiger partial charge in [0.2, 0.25) is 0 Å². The van der Waals surface area contributed by atoms with Crippen LogP contribution in [0.1, 0.15) is 29.7 Å². The summed E-state index contributed by atoms with van der Waals surface area (Å²) in [6.07, 6.45) is -0.0132. The van der Waals surface area contributed by atoms with Gasteiger partial charge < -0.3 is 0 Å². The Bertz CT molecular complexity index is 734. The zero-order valence-corrected chi connectivity index (χ0v) is 12.9. The quantitative estimate of drug-likeness (QED) is 0.849. The Morgan fingerprint density at radius 1 is 1.00 bits per heavy atom. The standard InChI is InChI=1S/C17H18O3S/c1-13-8-6-7-11-16(13)21(19,20)17(12-14(2)18)15-9-4-3-5-10-15/h3-11,17H,12H2,1-2H3/t17-/m1/s1. The lowest BCUT2D eigenvalue weighted by Crippen LogP contribution is -2.17. The van der Waals surface area contributed by atoms with Crippen molar-refractivity contribution in [1.29, 1.82) is 0 Å². The van der Waals surface area contributed by atoms with Crippen LogP contribution in [-0.4, -0.2) is 14.2 Å². The smallest absolute Gasteiger partial charge is 0.186 e. The molecule has 0 aliphatic rings. The third kappa shape index (κ3) is 3.39. The summed E-state index contributed by atoms with van der Waals surface area (Å²) in [4.78, 5) is 11.8. The Morgan fingerprint density at radius 2 is 1.57 bits per heavy atom. The van der Waals surface area contributed by atoms with Gasteiger partial charge in [-0.2, -0.15) is 0 Å². The van der Waals surface area contributed by atoms with Gasteiger partial charge in [-0.25, -0.2) is 8.42 Å². The molecule has 21 heavy (non-hydrogen) atoms. The van der Waals surface area contributed by atoms with E-state index in [1.54, 1.807) is 55.5 Å². The molecule has 110 valence electrons. The Labute approximate surface area is 125 Å². The van der Waals surface area contributed by atoms with Gasteiger partial charge in [-0.3, -0.25) is 4.79 Å². The number of aryl methyl sites for hydroxylation is 1. The highest BCUT2D eigenvalue weighted by Gasteiger charge is 2.31. The average molecular weight is 302 g/mol. The largest absolute Gasteiger partial charge is 0.300 e. The van der Waals surface area contributed by atoms with Crippen molar-refractivity contribution in [3.8, 4) is 0 Å². The summed E-state index contributed by atoms with van der Waals surface area (Å²) in [6, 6.07) is 15.8. The van der Waals surface area contributed by atoms with E-state index in [2.05, 4.69) is 0 Å². The molecule has 0 N–H and O–H groups in total. The molecular weight excluding hydrogens is 284 g/mol. The number of sulfone groups is 1. The van der Waals surface area contributed by atoms with E-state index in [9.17, 15) is 13.2 Å². The van der Waals surface area contributed by atoms with Crippen LogP contribution in [0.15, 0.2) is 59.5 Å². The van der Waals surface area contributed by atoms with Crippen molar-refractivity contribution < 1.29 is 13.2 Å². The molecule has 0 aromatic heterocycles. The molecule has 2 rings (SSSR count). The Morgan fingerprint density at radius 3 is 2.14 bits per heavy atom. The number of hydrogen-bond acceptors (Lipinski definition) is 3. The van der Waals surface area contributed by atoms with Gasteiger partial charge in [0, 0.05) is 6.42 Å². The summed E-state index contributed by atoms with van der Waals surface area (Å²) < 4.78 is 25.9. The third-order valence-corrected chi connectivity index (χ3v) is 5.68. The summed E-state index contributed by atoms with van der Waals surface area (Å²) in [7, 11) is -3.60. The van der Waals surface area contributed by atoms with Crippen molar-refractivity contribution in [3.05, 3.63) is 65.7 Å². The van der Waals surface area contributed by atoms with Crippen molar-refractivity contribution in [2.24, 2.45) is 0 Å². The van der Waals surface area contributed by atoms with Crippen LogP contribution >= 0.6 is 0 Å². The molecule has 0 heterocycles. The molecule has 0 aliphatic carbocycles. The molecule has 0 spiro atoms. The van der Waals surface area contributed by atoms with E-state index in [0.717, 1.165) is 0 Å². The summed E-state index contributed by atoms with van der Waals surface area (Å²) in [6.45, 7) is 3.19. The molecule has 0 saturated heterocycles. The monoisotopic (exact) mass is 302 g/mol. The molecule has 2 aromatic rings. The van der Waals surface area contributed by atoms with Crippen molar-refractivity contribution in [1.82, 2.24) is 0 Å². The lowest BCUT2D eigenvalue weighted by atomic mass is 10.1. The molecule has 0 aliphatic heterocycles. The highest BCUT2D eigenvalue weighted by Crippen LogP contribution is 2.33. The Balaban J connectivity index is 2.56. The fraction of sp³-hybridized carbons (Fsp3) is 0.235. The molecule has 0 saturated carbocycles. The molecule has 0 fully saturated rings.